The van der Waals surface area contributed by atoms with Crippen LogP contribution in [0.15, 0.2) is 22.8 Å². The summed E-state index contributed by atoms with van der Waals surface area (Å²) in [5.41, 5.74) is 0. The summed E-state index contributed by atoms with van der Waals surface area (Å²) in [6.07, 6.45) is 4.36. The summed E-state index contributed by atoms with van der Waals surface area (Å²) < 4.78 is 11.0. The molecule has 1 aromatic rings. The van der Waals surface area contributed by atoms with E-state index in [4.69, 9.17) is 20.8 Å². The predicted octanol–water partition coefficient (Wildman–Crippen LogP) is 2.65. The minimum atomic E-state index is -0.643. The number of carbonyl (C=O) groups is 2. The molecule has 2 amide bonds. The molecule has 2 atom stereocenters. The molecule has 0 saturated carbocycles. The Kier molecular flexibility index (Phi) is 7.78. The molecule has 1 saturated heterocycles. The van der Waals surface area contributed by atoms with Gasteiger partial charge in [0.25, 0.3) is 0 Å². The summed E-state index contributed by atoms with van der Waals surface area (Å²) in [6.45, 7) is 5.74. The average molecular weight is 371 g/mol. The van der Waals surface area contributed by atoms with E-state index in [9.17, 15) is 9.59 Å². The molecule has 0 aliphatic carbocycles. The van der Waals surface area contributed by atoms with E-state index in [1.165, 1.54) is 4.90 Å². The van der Waals surface area contributed by atoms with Crippen LogP contribution in [0.4, 0.5) is 0 Å². The van der Waals surface area contributed by atoms with E-state index in [-0.39, 0.29) is 24.5 Å². The smallest absolute Gasteiger partial charge is 0.242 e. The number of alkyl halides is 1. The highest BCUT2D eigenvalue weighted by Gasteiger charge is 2.27. The van der Waals surface area contributed by atoms with Gasteiger partial charge in [0.2, 0.25) is 11.8 Å². The lowest BCUT2D eigenvalue weighted by Crippen LogP contribution is -2.46. The first-order chi connectivity index (χ1) is 12.0. The first-order valence-electron chi connectivity index (χ1n) is 8.85. The van der Waals surface area contributed by atoms with Crippen LogP contribution >= 0.6 is 11.6 Å². The van der Waals surface area contributed by atoms with Crippen LogP contribution in [0, 0.1) is 0 Å². The number of halogens is 1. The van der Waals surface area contributed by atoms with Crippen LogP contribution in [-0.4, -0.2) is 59.3 Å². The fourth-order valence-electron chi connectivity index (χ4n) is 2.93. The Morgan fingerprint density at radius 2 is 2.20 bits per heavy atom. The van der Waals surface area contributed by atoms with Gasteiger partial charge in [0.1, 0.15) is 11.1 Å². The van der Waals surface area contributed by atoms with Gasteiger partial charge >= 0.3 is 0 Å². The zero-order valence-corrected chi connectivity index (χ0v) is 15.7. The quantitative estimate of drug-likeness (QED) is 0.627. The summed E-state index contributed by atoms with van der Waals surface area (Å²) >= 11 is 5.92. The van der Waals surface area contributed by atoms with Crippen LogP contribution in [0.5, 0.6) is 0 Å². The molecule has 0 unspecified atom stereocenters. The normalized spacial score (nSPS) is 18.1. The Balaban J connectivity index is 2.04. The maximum Gasteiger partial charge on any atom is 0.242 e. The molecule has 25 heavy (non-hydrogen) atoms. The van der Waals surface area contributed by atoms with Crippen LogP contribution in [0.3, 0.4) is 0 Å². The molecule has 0 spiro atoms. The van der Waals surface area contributed by atoms with Crippen molar-refractivity contribution < 1.29 is 18.7 Å². The van der Waals surface area contributed by atoms with Gasteiger partial charge in [-0.05, 0) is 38.3 Å². The molecule has 140 valence electrons. The van der Waals surface area contributed by atoms with E-state index in [1.807, 2.05) is 13.0 Å². The summed E-state index contributed by atoms with van der Waals surface area (Å²) in [5, 5.41) is -0.643. The van der Waals surface area contributed by atoms with Gasteiger partial charge in [-0.25, -0.2) is 0 Å². The fourth-order valence-corrected chi connectivity index (χ4v) is 3.07. The molecule has 1 fully saturated rings. The maximum atomic E-state index is 12.9. The highest BCUT2D eigenvalue weighted by atomic mass is 35.5. The fraction of sp³-hybridized carbons (Fsp3) is 0.667. The van der Waals surface area contributed by atoms with Crippen molar-refractivity contribution in [2.24, 2.45) is 0 Å². The molecular weight excluding hydrogens is 344 g/mol. The minimum absolute atomic E-state index is 0.0250. The van der Waals surface area contributed by atoms with Crippen LogP contribution in [-0.2, 0) is 20.9 Å². The van der Waals surface area contributed by atoms with Gasteiger partial charge in [0, 0.05) is 19.7 Å². The Hall–Kier alpha value is -1.53. The molecule has 0 bridgehead atoms. The van der Waals surface area contributed by atoms with Crippen molar-refractivity contribution >= 4 is 23.4 Å². The third-order valence-electron chi connectivity index (χ3n) is 4.20. The molecule has 2 heterocycles. The first kappa shape index (κ1) is 19.8. The van der Waals surface area contributed by atoms with E-state index in [0.717, 1.165) is 25.9 Å². The second-order valence-corrected chi connectivity index (χ2v) is 7.02. The lowest BCUT2D eigenvalue weighted by Gasteiger charge is -2.29. The van der Waals surface area contributed by atoms with Gasteiger partial charge in [-0.1, -0.05) is 6.92 Å². The Labute approximate surface area is 154 Å². The number of hydrogen-bond acceptors (Lipinski definition) is 4. The maximum absolute atomic E-state index is 12.9. The number of ether oxygens (including phenoxy) is 1. The van der Waals surface area contributed by atoms with Crippen LogP contribution in [0.2, 0.25) is 0 Å². The number of amides is 2. The largest absolute Gasteiger partial charge is 0.467 e. The topological polar surface area (TPSA) is 63.0 Å². The monoisotopic (exact) mass is 370 g/mol. The zero-order valence-electron chi connectivity index (χ0n) is 14.9. The predicted molar refractivity (Wildman–Crippen MR) is 95.3 cm³/mol. The standard InChI is InChI=1S/C18H27ClN2O4/c1-3-8-20(18(23)14(2)19)13-17(22)21(11-15-6-4-9-24-15)12-16-7-5-10-25-16/h4,6,9,14,16H,3,5,7-8,10-13H2,1-2H3/t14-,16-/m0/s1. The summed E-state index contributed by atoms with van der Waals surface area (Å²) in [6, 6.07) is 3.64. The zero-order chi connectivity index (χ0) is 18.2. The number of nitrogens with zero attached hydrogens (tertiary/aromatic N) is 2. The van der Waals surface area contributed by atoms with Gasteiger partial charge in [0.05, 0.1) is 25.5 Å². The van der Waals surface area contributed by atoms with Crippen molar-refractivity contribution in [3.63, 3.8) is 0 Å². The van der Waals surface area contributed by atoms with Crippen LogP contribution in [0.25, 0.3) is 0 Å². The molecule has 0 N–H and O–H groups in total. The minimum Gasteiger partial charge on any atom is -0.467 e. The van der Waals surface area contributed by atoms with Gasteiger partial charge in [-0.15, -0.1) is 11.6 Å². The Bertz CT molecular complexity index is 541. The molecule has 0 aromatic carbocycles. The van der Waals surface area contributed by atoms with Crippen molar-refractivity contribution in [1.82, 2.24) is 9.80 Å². The van der Waals surface area contributed by atoms with Crippen molar-refractivity contribution in [1.29, 1.82) is 0 Å². The van der Waals surface area contributed by atoms with Crippen LogP contribution in [0.1, 0.15) is 38.9 Å². The van der Waals surface area contributed by atoms with E-state index in [1.54, 1.807) is 24.2 Å². The summed E-state index contributed by atoms with van der Waals surface area (Å²) in [7, 11) is 0. The summed E-state index contributed by atoms with van der Waals surface area (Å²) in [5.74, 6) is 0.378. The number of hydrogen-bond donors (Lipinski definition) is 0. The highest BCUT2D eigenvalue weighted by molar-refractivity contribution is 6.30. The molecule has 7 heteroatoms. The van der Waals surface area contributed by atoms with Gasteiger partial charge in [-0.3, -0.25) is 9.59 Å². The molecule has 1 aliphatic heterocycles. The van der Waals surface area contributed by atoms with Gasteiger partial charge < -0.3 is 19.0 Å². The molecule has 6 nitrogen and oxygen atoms in total. The third-order valence-corrected chi connectivity index (χ3v) is 4.39. The van der Waals surface area contributed by atoms with E-state index in [2.05, 4.69) is 0 Å². The number of furan rings is 1. The third kappa shape index (κ3) is 6.04. The molecule has 1 aliphatic rings. The van der Waals surface area contributed by atoms with E-state index < -0.39 is 5.38 Å². The van der Waals surface area contributed by atoms with Gasteiger partial charge in [-0.2, -0.15) is 0 Å². The van der Waals surface area contributed by atoms with Gasteiger partial charge in [0.15, 0.2) is 0 Å². The molecular formula is C18H27ClN2O4. The van der Waals surface area contributed by atoms with E-state index >= 15 is 0 Å². The second kappa shape index (κ2) is 9.82. The number of rotatable bonds is 9. The second-order valence-electron chi connectivity index (χ2n) is 6.36. The SMILES string of the molecule is CCCN(CC(=O)N(Cc1ccco1)C[C@@H]1CCCO1)C(=O)[C@H](C)Cl. The molecule has 1 aromatic heterocycles. The summed E-state index contributed by atoms with van der Waals surface area (Å²) in [4.78, 5) is 28.3. The molecule has 0 radical (unpaired) electrons. The van der Waals surface area contributed by atoms with E-state index in [0.29, 0.717) is 25.4 Å². The lowest BCUT2D eigenvalue weighted by atomic mass is 10.2. The Morgan fingerprint density at radius 3 is 2.76 bits per heavy atom. The number of carbonyl (C=O) groups excluding carboxylic acids is 2. The van der Waals surface area contributed by atoms with Crippen molar-refractivity contribution in [3.8, 4) is 0 Å². The van der Waals surface area contributed by atoms with Crippen molar-refractivity contribution in [2.45, 2.75) is 51.1 Å². The first-order valence-corrected chi connectivity index (χ1v) is 9.29. The average Bonchev–Trinajstić information content (AvgIpc) is 3.26. The van der Waals surface area contributed by atoms with Crippen molar-refractivity contribution in [3.05, 3.63) is 24.2 Å². The van der Waals surface area contributed by atoms with Crippen LogP contribution < -0.4 is 0 Å². The molecule has 2 rings (SSSR count). The Morgan fingerprint density at radius 1 is 1.40 bits per heavy atom. The highest BCUT2D eigenvalue weighted by Crippen LogP contribution is 2.16. The van der Waals surface area contributed by atoms with Crippen molar-refractivity contribution in [2.75, 3.05) is 26.2 Å². The lowest BCUT2D eigenvalue weighted by molar-refractivity contribution is -0.141.